The summed E-state index contributed by atoms with van der Waals surface area (Å²) in [5.41, 5.74) is 2.57. The Hall–Kier alpha value is -2.60. The molecule has 0 spiro atoms. The van der Waals surface area contributed by atoms with E-state index in [9.17, 15) is 4.79 Å². The Morgan fingerprint density at radius 1 is 1.32 bits per heavy atom. The van der Waals surface area contributed by atoms with E-state index >= 15 is 0 Å². The Morgan fingerprint density at radius 2 is 2.16 bits per heavy atom. The molecule has 1 aromatic carbocycles. The molecule has 6 nitrogen and oxygen atoms in total. The highest BCUT2D eigenvalue weighted by atomic mass is 16.5. The number of carbonyl (C=O) groups is 1. The summed E-state index contributed by atoms with van der Waals surface area (Å²) in [7, 11) is 1.95. The molecule has 0 N–H and O–H groups in total. The number of hydrogen-bond donors (Lipinski definition) is 0. The van der Waals surface area contributed by atoms with Gasteiger partial charge >= 0.3 is 0 Å². The molecule has 3 heterocycles. The van der Waals surface area contributed by atoms with Crippen molar-refractivity contribution >= 4 is 12.0 Å². The van der Waals surface area contributed by atoms with Gasteiger partial charge in [-0.1, -0.05) is 18.2 Å². The number of rotatable bonds is 2. The first-order valence-corrected chi connectivity index (χ1v) is 8.45. The van der Waals surface area contributed by atoms with Gasteiger partial charge in [-0.25, -0.2) is 4.98 Å². The fourth-order valence-corrected chi connectivity index (χ4v) is 3.37. The van der Waals surface area contributed by atoms with E-state index in [2.05, 4.69) is 4.98 Å². The molecule has 2 aliphatic rings. The maximum atomic E-state index is 12.9. The lowest BCUT2D eigenvalue weighted by atomic mass is 10.1. The summed E-state index contributed by atoms with van der Waals surface area (Å²) in [5.74, 6) is 1.69. The molecule has 0 unspecified atom stereocenters. The minimum atomic E-state index is -0.200. The van der Waals surface area contributed by atoms with Crippen LogP contribution in [0, 0.1) is 6.92 Å². The molecule has 1 amide bonds. The number of aryl methyl sites for hydroxylation is 2. The fourth-order valence-electron chi connectivity index (χ4n) is 3.37. The summed E-state index contributed by atoms with van der Waals surface area (Å²) >= 11 is 0. The van der Waals surface area contributed by atoms with Crippen LogP contribution in [-0.4, -0.2) is 46.7 Å². The van der Waals surface area contributed by atoms with Crippen molar-refractivity contribution in [2.75, 3.05) is 26.3 Å². The van der Waals surface area contributed by atoms with Gasteiger partial charge in [0.25, 0.3) is 5.91 Å². The Kier molecular flexibility index (Phi) is 4.05. The molecule has 25 heavy (non-hydrogen) atoms. The topological polar surface area (TPSA) is 56.6 Å². The predicted molar refractivity (Wildman–Crippen MR) is 93.1 cm³/mol. The molecule has 1 fully saturated rings. The van der Waals surface area contributed by atoms with E-state index in [1.165, 1.54) is 0 Å². The largest absolute Gasteiger partial charge is 0.488 e. The Balaban J connectivity index is 1.53. The molecule has 6 heteroatoms. The van der Waals surface area contributed by atoms with E-state index in [4.69, 9.17) is 9.47 Å². The molecule has 2 aromatic rings. The second-order valence-corrected chi connectivity index (χ2v) is 6.46. The molecule has 0 bridgehead atoms. The summed E-state index contributed by atoms with van der Waals surface area (Å²) in [6.45, 7) is 3.85. The highest BCUT2D eigenvalue weighted by molar-refractivity contribution is 5.99. The number of nitrogens with zero attached hydrogens (tertiary/aromatic N) is 3. The number of fused-ring (bicyclic) bond motifs is 1. The molecular weight excluding hydrogens is 318 g/mol. The number of morpholine rings is 1. The Morgan fingerprint density at radius 3 is 2.96 bits per heavy atom. The second-order valence-electron chi connectivity index (χ2n) is 6.46. The van der Waals surface area contributed by atoms with Crippen LogP contribution in [-0.2, 0) is 16.6 Å². The van der Waals surface area contributed by atoms with E-state index < -0.39 is 0 Å². The van der Waals surface area contributed by atoms with Gasteiger partial charge in [0.05, 0.1) is 24.4 Å². The number of hydrogen-bond acceptors (Lipinski definition) is 4. The molecule has 2 aliphatic heterocycles. The molecule has 4 rings (SSSR count). The number of amides is 1. The lowest BCUT2D eigenvalue weighted by Gasteiger charge is -2.33. The van der Waals surface area contributed by atoms with Gasteiger partial charge in [0, 0.05) is 25.4 Å². The zero-order valence-corrected chi connectivity index (χ0v) is 14.4. The average molecular weight is 339 g/mol. The summed E-state index contributed by atoms with van der Waals surface area (Å²) in [6, 6.07) is 7.75. The summed E-state index contributed by atoms with van der Waals surface area (Å²) in [5, 5.41) is 0. The number of aromatic nitrogens is 2. The van der Waals surface area contributed by atoms with Crippen LogP contribution in [0.15, 0.2) is 36.0 Å². The molecule has 0 aliphatic carbocycles. The van der Waals surface area contributed by atoms with E-state index in [1.807, 2.05) is 60.0 Å². The number of imidazole rings is 1. The standard InChI is InChI=1S/C19H21N3O3/c1-13-10-21(2)18(20-13)17-11-22(7-8-24-17)19(23)15-9-14-5-3-4-6-16(14)25-12-15/h3-6,9-10,17H,7-8,11-12H2,1-2H3/t17-/m0/s1. The number of carbonyl (C=O) groups excluding carboxylic acids is 1. The van der Waals surface area contributed by atoms with Crippen LogP contribution in [0.3, 0.4) is 0 Å². The molecule has 1 aromatic heterocycles. The lowest BCUT2D eigenvalue weighted by Crippen LogP contribution is -2.44. The monoisotopic (exact) mass is 339 g/mol. The number of ether oxygens (including phenoxy) is 2. The minimum absolute atomic E-state index is 0.00809. The third kappa shape index (κ3) is 3.05. The van der Waals surface area contributed by atoms with Crippen LogP contribution in [0.1, 0.15) is 23.2 Å². The van der Waals surface area contributed by atoms with E-state index in [0.717, 1.165) is 22.8 Å². The third-order valence-electron chi connectivity index (χ3n) is 4.58. The van der Waals surface area contributed by atoms with Crippen molar-refractivity contribution < 1.29 is 14.3 Å². The zero-order valence-electron chi connectivity index (χ0n) is 14.4. The summed E-state index contributed by atoms with van der Waals surface area (Å²) in [4.78, 5) is 19.3. The number of para-hydroxylation sites is 1. The third-order valence-corrected chi connectivity index (χ3v) is 4.58. The summed E-state index contributed by atoms with van der Waals surface area (Å²) < 4.78 is 13.5. The molecule has 130 valence electrons. The van der Waals surface area contributed by atoms with Crippen molar-refractivity contribution in [3.8, 4) is 5.75 Å². The van der Waals surface area contributed by atoms with Gasteiger partial charge in [-0.05, 0) is 19.1 Å². The van der Waals surface area contributed by atoms with Crippen molar-refractivity contribution in [3.05, 3.63) is 53.1 Å². The van der Waals surface area contributed by atoms with E-state index in [-0.39, 0.29) is 12.0 Å². The molecule has 1 saturated heterocycles. The SMILES string of the molecule is Cc1cn(C)c([C@@H]2CN(C(=O)C3=Cc4ccccc4OC3)CCO2)n1. The zero-order chi connectivity index (χ0) is 17.4. The summed E-state index contributed by atoms with van der Waals surface area (Å²) in [6.07, 6.45) is 3.69. The van der Waals surface area contributed by atoms with Gasteiger partial charge in [0.2, 0.25) is 0 Å². The maximum Gasteiger partial charge on any atom is 0.253 e. The Bertz CT molecular complexity index is 840. The van der Waals surface area contributed by atoms with E-state index in [0.29, 0.717) is 31.9 Å². The smallest absolute Gasteiger partial charge is 0.253 e. The van der Waals surface area contributed by atoms with Crippen LogP contribution in [0.4, 0.5) is 0 Å². The van der Waals surface area contributed by atoms with Crippen molar-refractivity contribution in [1.82, 2.24) is 14.5 Å². The average Bonchev–Trinajstić information content (AvgIpc) is 2.99. The van der Waals surface area contributed by atoms with Gasteiger partial charge < -0.3 is 18.9 Å². The first-order chi connectivity index (χ1) is 12.1. The Labute approximate surface area is 146 Å². The first-order valence-electron chi connectivity index (χ1n) is 8.45. The first kappa shape index (κ1) is 15.9. The van der Waals surface area contributed by atoms with Crippen LogP contribution >= 0.6 is 0 Å². The van der Waals surface area contributed by atoms with Crippen LogP contribution in [0.5, 0.6) is 5.75 Å². The fraction of sp³-hybridized carbons (Fsp3) is 0.368. The highest BCUT2D eigenvalue weighted by Crippen LogP contribution is 2.28. The molecular formula is C19H21N3O3. The van der Waals surface area contributed by atoms with Crippen molar-refractivity contribution in [2.45, 2.75) is 13.0 Å². The quantitative estimate of drug-likeness (QED) is 0.841. The predicted octanol–water partition coefficient (Wildman–Crippen LogP) is 2.10. The molecule has 0 saturated carbocycles. The van der Waals surface area contributed by atoms with Crippen molar-refractivity contribution in [3.63, 3.8) is 0 Å². The van der Waals surface area contributed by atoms with Crippen molar-refractivity contribution in [1.29, 1.82) is 0 Å². The van der Waals surface area contributed by atoms with Crippen LogP contribution < -0.4 is 4.74 Å². The van der Waals surface area contributed by atoms with Gasteiger partial charge in [0.15, 0.2) is 0 Å². The lowest BCUT2D eigenvalue weighted by molar-refractivity contribution is -0.135. The molecule has 0 radical (unpaired) electrons. The van der Waals surface area contributed by atoms with Crippen LogP contribution in [0.25, 0.3) is 6.08 Å². The van der Waals surface area contributed by atoms with Gasteiger partial charge in [0.1, 0.15) is 24.3 Å². The van der Waals surface area contributed by atoms with Crippen molar-refractivity contribution in [2.24, 2.45) is 7.05 Å². The second kappa shape index (κ2) is 6.37. The van der Waals surface area contributed by atoms with Gasteiger partial charge in [-0.15, -0.1) is 0 Å². The van der Waals surface area contributed by atoms with Gasteiger partial charge in [-0.2, -0.15) is 0 Å². The highest BCUT2D eigenvalue weighted by Gasteiger charge is 2.30. The maximum absolute atomic E-state index is 12.9. The van der Waals surface area contributed by atoms with Gasteiger partial charge in [-0.3, -0.25) is 4.79 Å². The minimum Gasteiger partial charge on any atom is -0.488 e. The van der Waals surface area contributed by atoms with Crippen LogP contribution in [0.2, 0.25) is 0 Å². The number of benzene rings is 1. The molecule has 1 atom stereocenters. The normalized spacial score (nSPS) is 19.8. The van der Waals surface area contributed by atoms with E-state index in [1.54, 1.807) is 0 Å².